The van der Waals surface area contributed by atoms with Crippen molar-refractivity contribution in [3.8, 4) is 5.69 Å². The lowest BCUT2D eigenvalue weighted by molar-refractivity contribution is 0.786. The maximum Gasteiger partial charge on any atom is 0.181 e. The summed E-state index contributed by atoms with van der Waals surface area (Å²) in [7, 11) is 0. The smallest absolute Gasteiger partial charge is 0.181 e. The summed E-state index contributed by atoms with van der Waals surface area (Å²) in [6.07, 6.45) is 3.87. The predicted octanol–water partition coefficient (Wildman–Crippen LogP) is 3.81. The largest absolute Gasteiger partial charge is 0.348 e. The second-order valence-corrected chi connectivity index (χ2v) is 5.30. The van der Waals surface area contributed by atoms with Crippen LogP contribution in [0.4, 0.5) is 5.69 Å². The van der Waals surface area contributed by atoms with E-state index in [4.69, 9.17) is 11.6 Å². The van der Waals surface area contributed by atoms with E-state index in [0.717, 1.165) is 17.9 Å². The molecule has 3 aromatic rings. The van der Waals surface area contributed by atoms with Crippen molar-refractivity contribution in [3.05, 3.63) is 71.6 Å². The van der Waals surface area contributed by atoms with Crippen molar-refractivity contribution in [2.45, 2.75) is 6.92 Å². The highest BCUT2D eigenvalue weighted by Gasteiger charge is 2.06. The molecule has 0 atom stereocenters. The van der Waals surface area contributed by atoms with E-state index < -0.39 is 0 Å². The number of hydrogen-bond donors (Lipinski definition) is 0. The van der Waals surface area contributed by atoms with Crippen LogP contribution < -0.4 is 4.90 Å². The molecule has 5 nitrogen and oxygen atoms in total. The summed E-state index contributed by atoms with van der Waals surface area (Å²) < 4.78 is 1.67. The van der Waals surface area contributed by atoms with Gasteiger partial charge >= 0.3 is 0 Å². The molecule has 0 N–H and O–H groups in total. The van der Waals surface area contributed by atoms with E-state index in [9.17, 15) is 0 Å². The molecule has 1 aromatic heterocycles. The highest BCUT2D eigenvalue weighted by molar-refractivity contribution is 6.30. The first kappa shape index (κ1) is 15.2. The van der Waals surface area contributed by atoms with Gasteiger partial charge in [-0.25, -0.2) is 0 Å². The fourth-order valence-electron chi connectivity index (χ4n) is 2.21. The molecular formula is C17H16ClN5. The molecule has 2 aromatic carbocycles. The monoisotopic (exact) mass is 325 g/mol. The Bertz CT molecular complexity index is 780. The molecule has 0 saturated heterocycles. The first-order valence-corrected chi connectivity index (χ1v) is 7.70. The summed E-state index contributed by atoms with van der Waals surface area (Å²) in [5.41, 5.74) is 1.98. The lowest BCUT2D eigenvalue weighted by atomic mass is 10.3. The summed E-state index contributed by atoms with van der Waals surface area (Å²) in [4.78, 5) is 2.13. The normalized spacial score (nSPS) is 11.0. The van der Waals surface area contributed by atoms with Crippen LogP contribution in [0.25, 0.3) is 11.8 Å². The zero-order valence-electron chi connectivity index (χ0n) is 12.7. The molecule has 0 radical (unpaired) electrons. The number of hydrogen-bond acceptors (Lipinski definition) is 4. The van der Waals surface area contributed by atoms with Crippen molar-refractivity contribution in [3.63, 3.8) is 0 Å². The Labute approximate surface area is 139 Å². The Morgan fingerprint density at radius 3 is 2.52 bits per heavy atom. The number of tetrazole rings is 1. The number of halogens is 1. The summed E-state index contributed by atoms with van der Waals surface area (Å²) >= 11 is 5.92. The Balaban J connectivity index is 1.86. The van der Waals surface area contributed by atoms with Crippen LogP contribution in [0.15, 0.2) is 60.8 Å². The SMILES string of the molecule is CCN(/C=C\c1nnnn1-c1ccc(Cl)cc1)c1ccccc1. The van der Waals surface area contributed by atoms with Gasteiger partial charge in [0.15, 0.2) is 5.82 Å². The molecule has 0 bridgehead atoms. The third-order valence-electron chi connectivity index (χ3n) is 3.40. The van der Waals surface area contributed by atoms with Gasteiger partial charge in [0.25, 0.3) is 0 Å². The summed E-state index contributed by atoms with van der Waals surface area (Å²) in [6.45, 7) is 2.95. The molecule has 1 heterocycles. The lowest BCUT2D eigenvalue weighted by Gasteiger charge is -2.17. The summed E-state index contributed by atoms with van der Waals surface area (Å²) in [5.74, 6) is 0.654. The first-order chi connectivity index (χ1) is 11.3. The molecule has 0 aliphatic rings. The minimum atomic E-state index is 0.654. The van der Waals surface area contributed by atoms with Crippen LogP contribution >= 0.6 is 11.6 Å². The lowest BCUT2D eigenvalue weighted by Crippen LogP contribution is -2.14. The van der Waals surface area contributed by atoms with Crippen molar-refractivity contribution in [2.24, 2.45) is 0 Å². The van der Waals surface area contributed by atoms with Crippen LogP contribution in [0.3, 0.4) is 0 Å². The molecule has 0 spiro atoms. The molecule has 0 unspecified atom stereocenters. The minimum Gasteiger partial charge on any atom is -0.348 e. The van der Waals surface area contributed by atoms with E-state index in [1.54, 1.807) is 4.68 Å². The number of anilines is 1. The first-order valence-electron chi connectivity index (χ1n) is 7.32. The van der Waals surface area contributed by atoms with E-state index in [1.165, 1.54) is 0 Å². The molecule has 6 heteroatoms. The van der Waals surface area contributed by atoms with Gasteiger partial charge in [0, 0.05) is 29.5 Å². The van der Waals surface area contributed by atoms with E-state index >= 15 is 0 Å². The van der Waals surface area contributed by atoms with Crippen molar-refractivity contribution in [1.82, 2.24) is 20.2 Å². The van der Waals surface area contributed by atoms with Crippen LogP contribution in [0.5, 0.6) is 0 Å². The second kappa shape index (κ2) is 7.07. The fourth-order valence-corrected chi connectivity index (χ4v) is 2.34. The number of rotatable bonds is 5. The maximum atomic E-state index is 5.92. The van der Waals surface area contributed by atoms with E-state index in [1.807, 2.05) is 54.7 Å². The van der Waals surface area contributed by atoms with Gasteiger partial charge in [0.05, 0.1) is 5.69 Å². The van der Waals surface area contributed by atoms with Gasteiger partial charge in [0.2, 0.25) is 0 Å². The van der Waals surface area contributed by atoms with E-state index in [-0.39, 0.29) is 0 Å². The molecule has 116 valence electrons. The third-order valence-corrected chi connectivity index (χ3v) is 3.65. The van der Waals surface area contributed by atoms with Crippen LogP contribution in [0, 0.1) is 0 Å². The molecule has 0 aliphatic carbocycles. The zero-order valence-corrected chi connectivity index (χ0v) is 13.4. The van der Waals surface area contributed by atoms with Crippen LogP contribution in [-0.4, -0.2) is 26.8 Å². The van der Waals surface area contributed by atoms with Gasteiger partial charge in [-0.1, -0.05) is 29.8 Å². The van der Waals surface area contributed by atoms with E-state index in [0.29, 0.717) is 10.8 Å². The second-order valence-electron chi connectivity index (χ2n) is 4.86. The topological polar surface area (TPSA) is 46.8 Å². The highest BCUT2D eigenvalue weighted by atomic mass is 35.5. The van der Waals surface area contributed by atoms with Gasteiger partial charge in [-0.3, -0.25) is 0 Å². The fraction of sp³-hybridized carbons (Fsp3) is 0.118. The van der Waals surface area contributed by atoms with E-state index in [2.05, 4.69) is 39.5 Å². The highest BCUT2D eigenvalue weighted by Crippen LogP contribution is 2.16. The summed E-state index contributed by atoms with van der Waals surface area (Å²) in [6, 6.07) is 17.6. The Hall–Kier alpha value is -2.66. The van der Waals surface area contributed by atoms with Crippen molar-refractivity contribution >= 4 is 23.4 Å². The number of nitrogens with zero attached hydrogens (tertiary/aromatic N) is 5. The average molecular weight is 326 g/mol. The maximum absolute atomic E-state index is 5.92. The summed E-state index contributed by atoms with van der Waals surface area (Å²) in [5, 5.41) is 12.5. The minimum absolute atomic E-state index is 0.654. The molecule has 0 fully saturated rings. The molecule has 0 amide bonds. The Morgan fingerprint density at radius 1 is 1.09 bits per heavy atom. The van der Waals surface area contributed by atoms with Gasteiger partial charge in [0.1, 0.15) is 0 Å². The Kier molecular flexibility index (Phi) is 4.68. The number of para-hydroxylation sites is 1. The van der Waals surface area contributed by atoms with Crippen molar-refractivity contribution in [2.75, 3.05) is 11.4 Å². The van der Waals surface area contributed by atoms with Crippen LogP contribution in [-0.2, 0) is 0 Å². The van der Waals surface area contributed by atoms with Gasteiger partial charge in [-0.05, 0) is 53.7 Å². The molecule has 23 heavy (non-hydrogen) atoms. The van der Waals surface area contributed by atoms with Gasteiger partial charge in [-0.15, -0.1) is 5.10 Å². The van der Waals surface area contributed by atoms with Gasteiger partial charge in [-0.2, -0.15) is 4.68 Å². The zero-order chi connectivity index (χ0) is 16.1. The van der Waals surface area contributed by atoms with Crippen molar-refractivity contribution < 1.29 is 0 Å². The molecular weight excluding hydrogens is 310 g/mol. The van der Waals surface area contributed by atoms with Crippen molar-refractivity contribution in [1.29, 1.82) is 0 Å². The van der Waals surface area contributed by atoms with Crippen LogP contribution in [0.2, 0.25) is 5.02 Å². The molecule has 3 rings (SSSR count). The standard InChI is InChI=1S/C17H16ClN5/c1-2-22(15-6-4-3-5-7-15)13-12-17-19-20-21-23(17)16-10-8-14(18)9-11-16/h3-13H,2H2,1H3/b13-12-. The number of benzene rings is 2. The third kappa shape index (κ3) is 3.57. The number of aromatic nitrogens is 4. The molecule has 0 saturated carbocycles. The van der Waals surface area contributed by atoms with Crippen LogP contribution in [0.1, 0.15) is 12.7 Å². The average Bonchev–Trinajstić information content (AvgIpc) is 3.06. The quantitative estimate of drug-likeness (QED) is 0.715. The van der Waals surface area contributed by atoms with Gasteiger partial charge < -0.3 is 4.90 Å². The molecule has 0 aliphatic heterocycles. The Morgan fingerprint density at radius 2 is 1.83 bits per heavy atom. The predicted molar refractivity (Wildman–Crippen MR) is 92.7 cm³/mol.